The molecule has 84 valence electrons. The van der Waals surface area contributed by atoms with Crippen molar-refractivity contribution in [3.8, 4) is 0 Å². The average molecular weight is 237 g/mol. The van der Waals surface area contributed by atoms with Gasteiger partial charge in [0.15, 0.2) is 0 Å². The number of aromatic nitrogens is 1. The van der Waals surface area contributed by atoms with Crippen LogP contribution in [0.4, 0.5) is 13.2 Å². The maximum Gasteiger partial charge on any atom is 0.395 e. The minimum Gasteiger partial charge on any atom is -0.387 e. The second-order valence-electron chi connectivity index (χ2n) is 3.62. The summed E-state index contributed by atoms with van der Waals surface area (Å²) in [5.74, 6) is 0. The minimum absolute atomic E-state index is 0.0634. The molecule has 1 aromatic rings. The fraction of sp³-hybridized carbons (Fsp3) is 0.667. The highest BCUT2D eigenvalue weighted by atomic mass is 32.1. The number of nitrogens with zero attached hydrogens (tertiary/aromatic N) is 1. The zero-order chi connectivity index (χ0) is 11.1. The Kier molecular flexibility index (Phi) is 2.72. The van der Waals surface area contributed by atoms with E-state index in [2.05, 4.69) is 4.98 Å². The quantitative estimate of drug-likeness (QED) is 0.814. The number of rotatable bonds is 1. The molecule has 1 N–H and O–H groups in total. The molecule has 0 fully saturated rings. The number of fused-ring (bicyclic) bond motifs is 1. The molecule has 15 heavy (non-hydrogen) atoms. The normalized spacial score (nSPS) is 21.5. The molecule has 1 unspecified atom stereocenters. The third kappa shape index (κ3) is 2.49. The predicted octanol–water partition coefficient (Wildman–Crippen LogP) is 2.62. The summed E-state index contributed by atoms with van der Waals surface area (Å²) in [5, 5.41) is 9.60. The lowest BCUT2D eigenvalue weighted by molar-refractivity contribution is -0.127. The fourth-order valence-corrected chi connectivity index (χ4v) is 2.89. The standard InChI is InChI=1S/C9H10F3NOS/c10-9(11,12)4-7-13-8-5(14)2-1-3-6(8)15-7/h5,14H,1-4H2. The van der Waals surface area contributed by atoms with Gasteiger partial charge in [-0.15, -0.1) is 11.3 Å². The van der Waals surface area contributed by atoms with Gasteiger partial charge in [0.1, 0.15) is 5.01 Å². The molecule has 0 amide bonds. The van der Waals surface area contributed by atoms with Gasteiger partial charge in [-0.25, -0.2) is 4.98 Å². The molecule has 0 saturated heterocycles. The van der Waals surface area contributed by atoms with E-state index >= 15 is 0 Å². The van der Waals surface area contributed by atoms with E-state index in [-0.39, 0.29) is 5.01 Å². The van der Waals surface area contributed by atoms with Crippen molar-refractivity contribution in [2.75, 3.05) is 0 Å². The van der Waals surface area contributed by atoms with Crippen molar-refractivity contribution in [2.24, 2.45) is 0 Å². The van der Waals surface area contributed by atoms with E-state index in [9.17, 15) is 18.3 Å². The van der Waals surface area contributed by atoms with Gasteiger partial charge in [0.25, 0.3) is 0 Å². The Labute approximate surface area is 88.8 Å². The summed E-state index contributed by atoms with van der Waals surface area (Å²) in [7, 11) is 0. The number of hydrogen-bond donors (Lipinski definition) is 1. The van der Waals surface area contributed by atoms with E-state index in [4.69, 9.17) is 0 Å². The zero-order valence-electron chi connectivity index (χ0n) is 7.84. The Morgan fingerprint density at radius 2 is 2.20 bits per heavy atom. The monoisotopic (exact) mass is 237 g/mol. The van der Waals surface area contributed by atoms with Crippen molar-refractivity contribution in [1.82, 2.24) is 4.98 Å². The van der Waals surface area contributed by atoms with Crippen LogP contribution in [0.25, 0.3) is 0 Å². The van der Waals surface area contributed by atoms with Gasteiger partial charge >= 0.3 is 6.18 Å². The molecule has 2 nitrogen and oxygen atoms in total. The highest BCUT2D eigenvalue weighted by Gasteiger charge is 2.31. The molecule has 2 rings (SSSR count). The highest BCUT2D eigenvalue weighted by molar-refractivity contribution is 7.11. The summed E-state index contributed by atoms with van der Waals surface area (Å²) < 4.78 is 36.3. The Hall–Kier alpha value is -0.620. The number of halogens is 3. The Morgan fingerprint density at radius 1 is 1.47 bits per heavy atom. The smallest absolute Gasteiger partial charge is 0.387 e. The van der Waals surface area contributed by atoms with Crippen LogP contribution in [0.1, 0.15) is 34.5 Å². The molecule has 1 aliphatic carbocycles. The highest BCUT2D eigenvalue weighted by Crippen LogP contribution is 2.35. The van der Waals surface area contributed by atoms with E-state index in [0.29, 0.717) is 12.1 Å². The summed E-state index contributed by atoms with van der Waals surface area (Å²) in [6, 6.07) is 0. The van der Waals surface area contributed by atoms with E-state index in [1.165, 1.54) is 0 Å². The van der Waals surface area contributed by atoms with E-state index < -0.39 is 18.7 Å². The van der Waals surface area contributed by atoms with Crippen molar-refractivity contribution in [3.63, 3.8) is 0 Å². The molecule has 0 aromatic carbocycles. The second kappa shape index (κ2) is 3.75. The van der Waals surface area contributed by atoms with Crippen molar-refractivity contribution >= 4 is 11.3 Å². The minimum atomic E-state index is -4.22. The third-order valence-corrected chi connectivity index (χ3v) is 3.45. The Bertz CT molecular complexity index is 361. The zero-order valence-corrected chi connectivity index (χ0v) is 8.66. The van der Waals surface area contributed by atoms with Crippen molar-refractivity contribution in [1.29, 1.82) is 0 Å². The van der Waals surface area contributed by atoms with Crippen LogP contribution in [-0.2, 0) is 12.8 Å². The van der Waals surface area contributed by atoms with Crippen LogP contribution in [-0.4, -0.2) is 16.3 Å². The molecular formula is C9H10F3NOS. The van der Waals surface area contributed by atoms with E-state index in [1.54, 1.807) is 0 Å². The first kappa shape index (κ1) is 10.9. The molecule has 0 spiro atoms. The van der Waals surface area contributed by atoms with Crippen molar-refractivity contribution < 1.29 is 18.3 Å². The Balaban J connectivity index is 2.22. The van der Waals surface area contributed by atoms with Crippen LogP contribution in [0.2, 0.25) is 0 Å². The SMILES string of the molecule is OC1CCCc2sc(CC(F)(F)F)nc21. The molecule has 1 aliphatic rings. The van der Waals surface area contributed by atoms with Crippen LogP contribution >= 0.6 is 11.3 Å². The van der Waals surface area contributed by atoms with Crippen molar-refractivity contribution in [3.05, 3.63) is 15.6 Å². The van der Waals surface area contributed by atoms with E-state index in [0.717, 1.165) is 29.1 Å². The lowest BCUT2D eigenvalue weighted by Gasteiger charge is -2.14. The van der Waals surface area contributed by atoms with Crippen LogP contribution in [0.3, 0.4) is 0 Å². The third-order valence-electron chi connectivity index (χ3n) is 2.32. The summed E-state index contributed by atoms with van der Waals surface area (Å²) in [6.07, 6.45) is -3.72. The maximum absolute atomic E-state index is 12.1. The molecule has 0 bridgehead atoms. The second-order valence-corrected chi connectivity index (χ2v) is 4.78. The average Bonchev–Trinajstić information content (AvgIpc) is 2.45. The Morgan fingerprint density at radius 3 is 2.80 bits per heavy atom. The summed E-state index contributed by atoms with van der Waals surface area (Å²) in [4.78, 5) is 4.68. The molecule has 6 heteroatoms. The van der Waals surface area contributed by atoms with Gasteiger partial charge in [-0.3, -0.25) is 0 Å². The molecular weight excluding hydrogens is 227 g/mol. The number of aliphatic hydroxyl groups is 1. The topological polar surface area (TPSA) is 33.1 Å². The maximum atomic E-state index is 12.1. The van der Waals surface area contributed by atoms with Gasteiger partial charge < -0.3 is 5.11 Å². The number of thiazole rings is 1. The van der Waals surface area contributed by atoms with Gasteiger partial charge in [-0.2, -0.15) is 13.2 Å². The lowest BCUT2D eigenvalue weighted by Crippen LogP contribution is -2.11. The first-order chi connectivity index (χ1) is 6.96. The lowest BCUT2D eigenvalue weighted by atomic mass is 10.0. The van der Waals surface area contributed by atoms with Crippen molar-refractivity contribution in [2.45, 2.75) is 38.0 Å². The van der Waals surface area contributed by atoms with Gasteiger partial charge in [-0.05, 0) is 19.3 Å². The summed E-state index contributed by atoms with van der Waals surface area (Å²) in [5.41, 5.74) is 0.463. The molecule has 1 aromatic heterocycles. The van der Waals surface area contributed by atoms with Gasteiger partial charge in [0.05, 0.1) is 18.2 Å². The van der Waals surface area contributed by atoms with Crippen LogP contribution < -0.4 is 0 Å². The fourth-order valence-electron chi connectivity index (χ4n) is 1.69. The first-order valence-corrected chi connectivity index (χ1v) is 5.50. The summed E-state index contributed by atoms with van der Waals surface area (Å²) >= 11 is 1.07. The van der Waals surface area contributed by atoms with Gasteiger partial charge in [-0.1, -0.05) is 0 Å². The van der Waals surface area contributed by atoms with Gasteiger partial charge in [0.2, 0.25) is 0 Å². The predicted molar refractivity (Wildman–Crippen MR) is 49.8 cm³/mol. The number of aryl methyl sites for hydroxylation is 1. The number of alkyl halides is 3. The van der Waals surface area contributed by atoms with Gasteiger partial charge in [0, 0.05) is 4.88 Å². The largest absolute Gasteiger partial charge is 0.395 e. The van der Waals surface area contributed by atoms with E-state index in [1.807, 2.05) is 0 Å². The molecule has 0 saturated carbocycles. The van der Waals surface area contributed by atoms with Crippen LogP contribution in [0, 0.1) is 0 Å². The molecule has 1 atom stereocenters. The van der Waals surface area contributed by atoms with Crippen LogP contribution in [0.5, 0.6) is 0 Å². The van der Waals surface area contributed by atoms with Crippen LogP contribution in [0.15, 0.2) is 0 Å². The first-order valence-electron chi connectivity index (χ1n) is 4.69. The molecule has 1 heterocycles. The molecule has 0 radical (unpaired) electrons. The number of aliphatic hydroxyl groups excluding tert-OH is 1. The summed E-state index contributed by atoms with van der Waals surface area (Å²) in [6.45, 7) is 0. The number of hydrogen-bond acceptors (Lipinski definition) is 3. The molecule has 0 aliphatic heterocycles.